The van der Waals surface area contributed by atoms with E-state index in [9.17, 15) is 22.8 Å². The van der Waals surface area contributed by atoms with Crippen LogP contribution < -0.4 is 10.5 Å². The molecule has 178 valence electrons. The monoisotopic (exact) mass is 466 g/mol. The number of aromatic nitrogens is 2. The molecule has 3 rings (SSSR count). The van der Waals surface area contributed by atoms with Gasteiger partial charge in [-0.3, -0.25) is 4.79 Å². The van der Waals surface area contributed by atoms with Crippen molar-refractivity contribution in [3.05, 3.63) is 34.5 Å². The van der Waals surface area contributed by atoms with Crippen LogP contribution in [0.15, 0.2) is 12.1 Å². The highest BCUT2D eigenvalue weighted by atomic mass is 19.4. The maximum Gasteiger partial charge on any atom is 0.389 e. The molecule has 1 aliphatic heterocycles. The lowest BCUT2D eigenvalue weighted by atomic mass is 9.97. The van der Waals surface area contributed by atoms with E-state index in [0.29, 0.717) is 28.1 Å². The molecule has 11 heteroatoms. The summed E-state index contributed by atoms with van der Waals surface area (Å²) in [6.45, 7) is 5.30. The number of ether oxygens (including phenoxy) is 2. The van der Waals surface area contributed by atoms with Gasteiger partial charge < -0.3 is 20.1 Å². The van der Waals surface area contributed by atoms with Crippen molar-refractivity contribution in [2.75, 3.05) is 18.9 Å². The zero-order chi connectivity index (χ0) is 24.3. The maximum absolute atomic E-state index is 12.6. The number of carbonyl (C=O) groups excluding carboxylic acids is 2. The first kappa shape index (κ1) is 24.3. The number of carbonyl (C=O) groups is 2. The van der Waals surface area contributed by atoms with E-state index in [4.69, 9.17) is 15.2 Å². The molecule has 8 nitrogen and oxygen atoms in total. The number of anilines is 1. The van der Waals surface area contributed by atoms with Gasteiger partial charge >= 0.3 is 12.1 Å². The predicted octanol–water partition coefficient (Wildman–Crippen LogP) is 3.79. The fourth-order valence-corrected chi connectivity index (χ4v) is 3.66. The summed E-state index contributed by atoms with van der Waals surface area (Å²) in [7, 11) is 0. The van der Waals surface area contributed by atoms with Crippen molar-refractivity contribution in [3.8, 4) is 17.0 Å². The van der Waals surface area contributed by atoms with E-state index < -0.39 is 18.6 Å². The van der Waals surface area contributed by atoms with Crippen molar-refractivity contribution < 1.29 is 32.2 Å². The van der Waals surface area contributed by atoms with E-state index >= 15 is 0 Å². The molecular weight excluding hydrogens is 441 g/mol. The number of nitrogen functional groups attached to an aromatic ring is 1. The summed E-state index contributed by atoms with van der Waals surface area (Å²) in [6.07, 6.45) is -5.55. The summed E-state index contributed by atoms with van der Waals surface area (Å²) >= 11 is 0. The van der Waals surface area contributed by atoms with Crippen LogP contribution in [-0.4, -0.2) is 46.1 Å². The molecule has 1 aliphatic rings. The molecule has 0 unspecified atom stereocenters. The highest BCUT2D eigenvalue weighted by Crippen LogP contribution is 2.39. The van der Waals surface area contributed by atoms with Crippen LogP contribution in [0.2, 0.25) is 0 Å². The second kappa shape index (κ2) is 9.63. The Balaban J connectivity index is 2.06. The third kappa shape index (κ3) is 5.71. The first-order chi connectivity index (χ1) is 15.5. The molecule has 2 heterocycles. The second-order valence-corrected chi connectivity index (χ2v) is 7.68. The number of hydrogen-bond donors (Lipinski definition) is 1. The van der Waals surface area contributed by atoms with E-state index in [1.807, 2.05) is 0 Å². The molecule has 0 saturated carbocycles. The summed E-state index contributed by atoms with van der Waals surface area (Å²) in [4.78, 5) is 34.4. The third-order valence-corrected chi connectivity index (χ3v) is 5.15. The topological polar surface area (TPSA) is 108 Å². The van der Waals surface area contributed by atoms with Crippen LogP contribution in [0.3, 0.4) is 0 Å². The Labute approximate surface area is 188 Å². The van der Waals surface area contributed by atoms with Crippen molar-refractivity contribution in [3.63, 3.8) is 0 Å². The van der Waals surface area contributed by atoms with Gasteiger partial charge in [-0.05, 0) is 38.0 Å². The van der Waals surface area contributed by atoms with Crippen molar-refractivity contribution >= 4 is 17.8 Å². The summed E-state index contributed by atoms with van der Waals surface area (Å²) in [6, 6.07) is 3.02. The van der Waals surface area contributed by atoms with Crippen LogP contribution >= 0.6 is 0 Å². The van der Waals surface area contributed by atoms with Crippen LogP contribution in [0.4, 0.5) is 19.1 Å². The highest BCUT2D eigenvalue weighted by molar-refractivity contribution is 5.92. The lowest BCUT2D eigenvalue weighted by Crippen LogP contribution is -2.21. The number of benzene rings is 1. The van der Waals surface area contributed by atoms with Gasteiger partial charge in [-0.1, -0.05) is 0 Å². The van der Waals surface area contributed by atoms with E-state index in [0.717, 1.165) is 0 Å². The Hall–Kier alpha value is -3.37. The maximum atomic E-state index is 12.6. The van der Waals surface area contributed by atoms with Crippen LogP contribution in [0.5, 0.6) is 5.75 Å². The summed E-state index contributed by atoms with van der Waals surface area (Å²) in [5, 5.41) is 0. The molecule has 1 amide bonds. The number of alkyl halides is 3. The standard InChI is InChI=1S/C22H25F3N4O4/c1-4-32-20(31)14-8-12(2)18(17(9-14)33-7-5-6-22(23,24)25)19-15-10-29(13(3)30)11-16(15)27-21(26)28-19/h8-9H,4-7,10-11H2,1-3H3,(H2,26,27,28). The minimum absolute atomic E-state index is 0.00829. The van der Waals surface area contributed by atoms with Gasteiger partial charge in [0.05, 0.1) is 43.3 Å². The van der Waals surface area contributed by atoms with Crippen molar-refractivity contribution in [2.45, 2.75) is 52.9 Å². The Morgan fingerprint density at radius 3 is 2.58 bits per heavy atom. The van der Waals surface area contributed by atoms with Gasteiger partial charge in [-0.25, -0.2) is 14.8 Å². The van der Waals surface area contributed by atoms with E-state index in [2.05, 4.69) is 9.97 Å². The van der Waals surface area contributed by atoms with Gasteiger partial charge in [-0.2, -0.15) is 13.2 Å². The molecule has 0 bridgehead atoms. The molecule has 0 saturated heterocycles. The molecule has 33 heavy (non-hydrogen) atoms. The van der Waals surface area contributed by atoms with Gasteiger partial charge in [0.1, 0.15) is 5.75 Å². The highest BCUT2D eigenvalue weighted by Gasteiger charge is 2.30. The average Bonchev–Trinajstić information content (AvgIpc) is 3.14. The minimum atomic E-state index is -4.30. The molecule has 0 radical (unpaired) electrons. The van der Waals surface area contributed by atoms with E-state index in [-0.39, 0.29) is 55.9 Å². The van der Waals surface area contributed by atoms with Gasteiger partial charge in [0.2, 0.25) is 11.9 Å². The number of fused-ring (bicyclic) bond motifs is 1. The van der Waals surface area contributed by atoms with Crippen molar-refractivity contribution in [1.82, 2.24) is 14.9 Å². The molecule has 0 fully saturated rings. The lowest BCUT2D eigenvalue weighted by molar-refractivity contribution is -0.136. The summed E-state index contributed by atoms with van der Waals surface area (Å²) < 4.78 is 48.5. The van der Waals surface area contributed by atoms with Crippen LogP contribution in [0, 0.1) is 6.92 Å². The Bertz CT molecular complexity index is 1070. The SMILES string of the molecule is CCOC(=O)c1cc(C)c(-c2nc(N)nc3c2CN(C(C)=O)C3)c(OCCCC(F)(F)F)c1. The molecule has 0 atom stereocenters. The van der Waals surface area contributed by atoms with Gasteiger partial charge in [-0.15, -0.1) is 0 Å². The smallest absolute Gasteiger partial charge is 0.389 e. The fourth-order valence-electron chi connectivity index (χ4n) is 3.66. The number of nitrogens with zero attached hydrogens (tertiary/aromatic N) is 3. The van der Waals surface area contributed by atoms with Gasteiger partial charge in [0.25, 0.3) is 0 Å². The quantitative estimate of drug-likeness (QED) is 0.489. The van der Waals surface area contributed by atoms with Crippen LogP contribution in [0.1, 0.15) is 53.9 Å². The molecule has 1 aromatic heterocycles. The zero-order valence-corrected chi connectivity index (χ0v) is 18.6. The molecule has 2 N–H and O–H groups in total. The Morgan fingerprint density at radius 2 is 1.94 bits per heavy atom. The second-order valence-electron chi connectivity index (χ2n) is 7.68. The molecule has 2 aromatic rings. The number of esters is 1. The molecule has 0 aliphatic carbocycles. The van der Waals surface area contributed by atoms with E-state index in [1.54, 1.807) is 24.8 Å². The first-order valence-electron chi connectivity index (χ1n) is 10.4. The summed E-state index contributed by atoms with van der Waals surface area (Å²) in [5.41, 5.74) is 8.86. The number of halogens is 3. The number of rotatable bonds is 7. The third-order valence-electron chi connectivity index (χ3n) is 5.15. The van der Waals surface area contributed by atoms with Gasteiger partial charge in [0.15, 0.2) is 0 Å². The number of hydrogen-bond acceptors (Lipinski definition) is 7. The largest absolute Gasteiger partial charge is 0.493 e. The molecular formula is C22H25F3N4O4. The van der Waals surface area contributed by atoms with Gasteiger partial charge in [0, 0.05) is 24.5 Å². The Kier molecular flexibility index (Phi) is 7.09. The first-order valence-corrected chi connectivity index (χ1v) is 10.4. The fraction of sp³-hybridized carbons (Fsp3) is 0.455. The molecule has 1 aromatic carbocycles. The van der Waals surface area contributed by atoms with Crippen LogP contribution in [0.25, 0.3) is 11.3 Å². The average molecular weight is 466 g/mol. The number of aryl methyl sites for hydroxylation is 1. The number of nitrogens with two attached hydrogens (primary N) is 1. The minimum Gasteiger partial charge on any atom is -0.493 e. The van der Waals surface area contributed by atoms with Crippen LogP contribution in [-0.2, 0) is 22.6 Å². The van der Waals surface area contributed by atoms with Crippen molar-refractivity contribution in [2.24, 2.45) is 0 Å². The normalized spacial score (nSPS) is 13.1. The predicted molar refractivity (Wildman–Crippen MR) is 113 cm³/mol. The van der Waals surface area contributed by atoms with E-state index in [1.165, 1.54) is 13.0 Å². The summed E-state index contributed by atoms with van der Waals surface area (Å²) in [5.74, 6) is -0.550. The lowest BCUT2D eigenvalue weighted by Gasteiger charge is -2.18. The van der Waals surface area contributed by atoms with Crippen molar-refractivity contribution in [1.29, 1.82) is 0 Å². The number of amides is 1. The zero-order valence-electron chi connectivity index (χ0n) is 18.6. The molecule has 0 spiro atoms. The Morgan fingerprint density at radius 1 is 1.21 bits per heavy atom.